The van der Waals surface area contributed by atoms with Crippen LogP contribution < -0.4 is 0 Å². The van der Waals surface area contributed by atoms with Crippen molar-refractivity contribution in [3.63, 3.8) is 0 Å². The molecule has 2 aromatic rings. The van der Waals surface area contributed by atoms with Gasteiger partial charge in [0.1, 0.15) is 11.5 Å². The molecule has 2 nitrogen and oxygen atoms in total. The van der Waals surface area contributed by atoms with Crippen LogP contribution in [-0.2, 0) is 6.42 Å². The van der Waals surface area contributed by atoms with E-state index < -0.39 is 0 Å². The zero-order valence-corrected chi connectivity index (χ0v) is 7.99. The number of rotatable bonds is 1. The first kappa shape index (κ1) is 9.65. The van der Waals surface area contributed by atoms with E-state index in [4.69, 9.17) is 8.83 Å². The van der Waals surface area contributed by atoms with Gasteiger partial charge in [0, 0.05) is 6.42 Å². The van der Waals surface area contributed by atoms with Crippen molar-refractivity contribution in [1.82, 2.24) is 0 Å². The first-order chi connectivity index (χ1) is 6.33. The average molecular weight is 178 g/mol. The van der Waals surface area contributed by atoms with Crippen LogP contribution in [0.25, 0.3) is 0 Å². The fraction of sp³-hybridized carbons (Fsp3) is 0.273. The Morgan fingerprint density at radius 3 is 2.00 bits per heavy atom. The van der Waals surface area contributed by atoms with Gasteiger partial charge < -0.3 is 8.83 Å². The van der Waals surface area contributed by atoms with Gasteiger partial charge in [-0.2, -0.15) is 0 Å². The van der Waals surface area contributed by atoms with Crippen molar-refractivity contribution in [2.45, 2.75) is 20.3 Å². The number of hydrogen-bond acceptors (Lipinski definition) is 2. The molecule has 0 bridgehead atoms. The van der Waals surface area contributed by atoms with Crippen LogP contribution in [-0.4, -0.2) is 0 Å². The number of furan rings is 2. The van der Waals surface area contributed by atoms with E-state index in [2.05, 4.69) is 6.92 Å². The van der Waals surface area contributed by atoms with Crippen LogP contribution in [0.3, 0.4) is 0 Å². The van der Waals surface area contributed by atoms with Crippen LogP contribution in [0.15, 0.2) is 45.6 Å². The minimum absolute atomic E-state index is 0.968. The number of aryl methyl sites for hydroxylation is 2. The van der Waals surface area contributed by atoms with Gasteiger partial charge in [-0.1, -0.05) is 6.92 Å². The molecule has 2 heterocycles. The SMILES string of the molecule is CCc1ccco1.Cc1ccco1. The monoisotopic (exact) mass is 178 g/mol. The lowest BCUT2D eigenvalue weighted by Gasteiger charge is -1.79. The molecule has 0 unspecified atom stereocenters. The second-order valence-corrected chi connectivity index (χ2v) is 2.66. The van der Waals surface area contributed by atoms with E-state index in [-0.39, 0.29) is 0 Å². The van der Waals surface area contributed by atoms with Crippen molar-refractivity contribution in [1.29, 1.82) is 0 Å². The second-order valence-electron chi connectivity index (χ2n) is 2.66. The molecule has 0 aliphatic carbocycles. The summed E-state index contributed by atoms with van der Waals surface area (Å²) in [7, 11) is 0. The smallest absolute Gasteiger partial charge is 0.103 e. The van der Waals surface area contributed by atoms with Crippen molar-refractivity contribution >= 4 is 0 Å². The summed E-state index contributed by atoms with van der Waals surface area (Å²) in [4.78, 5) is 0. The third kappa shape index (κ3) is 3.65. The highest BCUT2D eigenvalue weighted by Gasteiger charge is 1.84. The molecule has 0 saturated heterocycles. The normalized spacial score (nSPS) is 9.08. The van der Waals surface area contributed by atoms with Gasteiger partial charge in [-0.05, 0) is 31.2 Å². The average Bonchev–Trinajstić information content (AvgIpc) is 2.76. The third-order valence-corrected chi connectivity index (χ3v) is 1.59. The van der Waals surface area contributed by atoms with E-state index in [9.17, 15) is 0 Å². The topological polar surface area (TPSA) is 26.3 Å². The molecule has 0 amide bonds. The Labute approximate surface area is 78.2 Å². The second kappa shape index (κ2) is 5.25. The van der Waals surface area contributed by atoms with Crippen LogP contribution >= 0.6 is 0 Å². The van der Waals surface area contributed by atoms with Crippen molar-refractivity contribution < 1.29 is 8.83 Å². The van der Waals surface area contributed by atoms with Crippen LogP contribution in [0.5, 0.6) is 0 Å². The van der Waals surface area contributed by atoms with Gasteiger partial charge in [-0.25, -0.2) is 0 Å². The van der Waals surface area contributed by atoms with Crippen LogP contribution in [0.2, 0.25) is 0 Å². The molecule has 0 saturated carbocycles. The maximum atomic E-state index is 4.98. The van der Waals surface area contributed by atoms with Crippen molar-refractivity contribution in [3.8, 4) is 0 Å². The molecule has 0 fully saturated rings. The lowest BCUT2D eigenvalue weighted by molar-refractivity contribution is 0.516. The Bertz CT molecular complexity index is 293. The quantitative estimate of drug-likeness (QED) is 0.668. The molecule has 0 atom stereocenters. The Hall–Kier alpha value is -1.44. The highest BCUT2D eigenvalue weighted by Crippen LogP contribution is 1.98. The Balaban J connectivity index is 0.000000132. The molecule has 0 aliphatic heterocycles. The van der Waals surface area contributed by atoms with Gasteiger partial charge in [0.2, 0.25) is 0 Å². The molecule has 0 aromatic carbocycles. The standard InChI is InChI=1S/C6H8O.C5H6O/c1-2-6-4-3-5-7-6;1-5-3-2-4-6-5/h3-5H,2H2,1H3;2-4H,1H3. The third-order valence-electron chi connectivity index (χ3n) is 1.59. The number of hydrogen-bond donors (Lipinski definition) is 0. The highest BCUT2D eigenvalue weighted by atomic mass is 16.3. The van der Waals surface area contributed by atoms with Gasteiger partial charge in [0.15, 0.2) is 0 Å². The predicted molar refractivity (Wildman–Crippen MR) is 51.5 cm³/mol. The summed E-state index contributed by atoms with van der Waals surface area (Å²) in [6.07, 6.45) is 4.35. The zero-order valence-electron chi connectivity index (χ0n) is 7.99. The first-order valence-corrected chi connectivity index (χ1v) is 4.35. The van der Waals surface area contributed by atoms with Crippen molar-refractivity contribution in [3.05, 3.63) is 48.3 Å². The molecular weight excluding hydrogens is 164 g/mol. The molecule has 0 radical (unpaired) electrons. The summed E-state index contributed by atoms with van der Waals surface area (Å²) in [5, 5.41) is 0. The largest absolute Gasteiger partial charge is 0.470 e. The highest BCUT2D eigenvalue weighted by molar-refractivity contribution is 4.96. The molecule has 70 valence electrons. The molecule has 0 spiro atoms. The minimum Gasteiger partial charge on any atom is -0.470 e. The zero-order chi connectivity index (χ0) is 9.52. The lowest BCUT2D eigenvalue weighted by Crippen LogP contribution is -1.66. The first-order valence-electron chi connectivity index (χ1n) is 4.35. The molecule has 13 heavy (non-hydrogen) atoms. The summed E-state index contributed by atoms with van der Waals surface area (Å²) in [6, 6.07) is 7.66. The summed E-state index contributed by atoms with van der Waals surface area (Å²) in [6.45, 7) is 3.98. The van der Waals surface area contributed by atoms with E-state index in [1.165, 1.54) is 0 Å². The summed E-state index contributed by atoms with van der Waals surface area (Å²) in [5.41, 5.74) is 0. The minimum atomic E-state index is 0.968. The van der Waals surface area contributed by atoms with E-state index in [0.717, 1.165) is 17.9 Å². The van der Waals surface area contributed by atoms with Crippen LogP contribution in [0.1, 0.15) is 18.4 Å². The van der Waals surface area contributed by atoms with E-state index in [0.29, 0.717) is 0 Å². The molecule has 2 aromatic heterocycles. The molecule has 0 N–H and O–H groups in total. The molecule has 0 aliphatic rings. The molecular formula is C11H14O2. The predicted octanol–water partition coefficient (Wildman–Crippen LogP) is 3.43. The molecule has 2 heteroatoms. The van der Waals surface area contributed by atoms with E-state index in [1.54, 1.807) is 12.5 Å². The van der Waals surface area contributed by atoms with Gasteiger partial charge >= 0.3 is 0 Å². The molecule has 2 rings (SSSR count). The van der Waals surface area contributed by atoms with Crippen molar-refractivity contribution in [2.24, 2.45) is 0 Å². The fourth-order valence-electron chi connectivity index (χ4n) is 0.874. The van der Waals surface area contributed by atoms with Crippen LogP contribution in [0.4, 0.5) is 0 Å². The van der Waals surface area contributed by atoms with Gasteiger partial charge in [0.25, 0.3) is 0 Å². The van der Waals surface area contributed by atoms with Gasteiger partial charge in [-0.3, -0.25) is 0 Å². The van der Waals surface area contributed by atoms with E-state index >= 15 is 0 Å². The fourth-order valence-corrected chi connectivity index (χ4v) is 0.874. The lowest BCUT2D eigenvalue weighted by atomic mass is 10.4. The van der Waals surface area contributed by atoms with Gasteiger partial charge in [0.05, 0.1) is 12.5 Å². The van der Waals surface area contributed by atoms with Crippen LogP contribution in [0, 0.1) is 6.92 Å². The maximum absolute atomic E-state index is 4.98. The van der Waals surface area contributed by atoms with Gasteiger partial charge in [-0.15, -0.1) is 0 Å². The summed E-state index contributed by atoms with van der Waals surface area (Å²) < 4.78 is 9.82. The summed E-state index contributed by atoms with van der Waals surface area (Å²) in [5.74, 6) is 2.02. The van der Waals surface area contributed by atoms with E-state index in [1.807, 2.05) is 31.2 Å². The Kier molecular flexibility index (Phi) is 3.89. The summed E-state index contributed by atoms with van der Waals surface area (Å²) >= 11 is 0. The Morgan fingerprint density at radius 2 is 1.77 bits per heavy atom. The van der Waals surface area contributed by atoms with Crippen molar-refractivity contribution in [2.75, 3.05) is 0 Å². The maximum Gasteiger partial charge on any atom is 0.103 e. The Morgan fingerprint density at radius 1 is 1.08 bits per heavy atom.